The van der Waals surface area contributed by atoms with E-state index >= 15 is 0 Å². The van der Waals surface area contributed by atoms with Crippen molar-refractivity contribution < 1.29 is 27.6 Å². The average Bonchev–Trinajstić information content (AvgIpc) is 3.10. The van der Waals surface area contributed by atoms with E-state index in [1.807, 2.05) is 27.7 Å². The Morgan fingerprint density at radius 1 is 1.31 bits per heavy atom. The number of aromatic nitrogens is 2. The van der Waals surface area contributed by atoms with Crippen LogP contribution in [0.15, 0.2) is 23.1 Å². The molecule has 1 amide bonds. The molecule has 0 saturated carbocycles. The van der Waals surface area contributed by atoms with Crippen LogP contribution in [0.2, 0.25) is 0 Å². The third-order valence-electron chi connectivity index (χ3n) is 5.11. The molecule has 1 heterocycles. The Morgan fingerprint density at radius 3 is 2.51 bits per heavy atom. The van der Waals surface area contributed by atoms with Gasteiger partial charge in [-0.3, -0.25) is 14.9 Å². The molecule has 1 aromatic carbocycles. The van der Waals surface area contributed by atoms with E-state index in [0.29, 0.717) is 18.6 Å². The van der Waals surface area contributed by atoms with Gasteiger partial charge in [-0.25, -0.2) is 17.8 Å². The predicted molar refractivity (Wildman–Crippen MR) is 129 cm³/mol. The van der Waals surface area contributed by atoms with E-state index in [0.717, 1.165) is 12.1 Å². The largest absolute Gasteiger partial charge is 0.438 e. The van der Waals surface area contributed by atoms with E-state index in [2.05, 4.69) is 15.1 Å². The van der Waals surface area contributed by atoms with Crippen LogP contribution < -0.4 is 14.8 Å². The van der Waals surface area contributed by atoms with Gasteiger partial charge in [0.1, 0.15) is 10.6 Å². The van der Waals surface area contributed by atoms with Crippen LogP contribution in [0.3, 0.4) is 0 Å². The van der Waals surface area contributed by atoms with Crippen molar-refractivity contribution in [3.63, 3.8) is 0 Å². The third kappa shape index (κ3) is 6.77. The molecule has 2 N–H and O–H groups in total. The summed E-state index contributed by atoms with van der Waals surface area (Å²) in [7, 11) is -2.65. The first-order valence-corrected chi connectivity index (χ1v) is 12.6. The SMILES string of the molecule is CCC(C)NS(=O)(=O)c1cc([N+](=O)[O-])ccc1Oc1c(C)c(C(=O)NCCOC)nn1C(C)(C)C. The van der Waals surface area contributed by atoms with Crippen LogP contribution in [0, 0.1) is 17.0 Å². The topological polar surface area (TPSA) is 155 Å². The van der Waals surface area contributed by atoms with Gasteiger partial charge in [-0.05, 0) is 47.1 Å². The summed E-state index contributed by atoms with van der Waals surface area (Å²) in [5.41, 5.74) is -0.553. The number of nitro groups is 1. The van der Waals surface area contributed by atoms with Crippen LogP contribution >= 0.6 is 0 Å². The molecule has 1 unspecified atom stereocenters. The van der Waals surface area contributed by atoms with E-state index in [1.165, 1.54) is 17.9 Å². The highest BCUT2D eigenvalue weighted by molar-refractivity contribution is 7.89. The summed E-state index contributed by atoms with van der Waals surface area (Å²) in [6.07, 6.45) is 0.516. The summed E-state index contributed by atoms with van der Waals surface area (Å²) in [5.74, 6) is -0.433. The van der Waals surface area contributed by atoms with E-state index in [9.17, 15) is 23.3 Å². The van der Waals surface area contributed by atoms with Crippen molar-refractivity contribution >= 4 is 21.6 Å². The minimum atomic E-state index is -4.17. The maximum Gasteiger partial charge on any atom is 0.272 e. The van der Waals surface area contributed by atoms with Gasteiger partial charge >= 0.3 is 0 Å². The second-order valence-corrected chi connectivity index (χ2v) is 10.7. The summed E-state index contributed by atoms with van der Waals surface area (Å²) in [5, 5.41) is 18.5. The zero-order valence-corrected chi connectivity index (χ0v) is 21.9. The molecule has 1 atom stereocenters. The standard InChI is InChI=1S/C22H33N5O7S/c1-8-14(2)25-35(31,32)18-13-16(27(29)30)9-10-17(18)34-21-15(3)19(20(28)23-11-12-33-7)24-26(21)22(4,5)6/h9-10,13-14,25H,8,11-12H2,1-7H3,(H,23,28). The first kappa shape index (κ1) is 28.2. The molecule has 0 aliphatic rings. The van der Waals surface area contributed by atoms with Crippen molar-refractivity contribution in [3.05, 3.63) is 39.6 Å². The number of sulfonamides is 1. The smallest absolute Gasteiger partial charge is 0.272 e. The zero-order chi connectivity index (χ0) is 26.6. The molecular weight excluding hydrogens is 478 g/mol. The number of non-ortho nitro benzene ring substituents is 1. The molecule has 0 aliphatic carbocycles. The zero-order valence-electron chi connectivity index (χ0n) is 21.0. The summed E-state index contributed by atoms with van der Waals surface area (Å²) < 4.78 is 41.2. The average molecular weight is 512 g/mol. The van der Waals surface area contributed by atoms with Crippen LogP contribution in [0.5, 0.6) is 11.6 Å². The Kier molecular flexibility index (Phi) is 8.98. The number of nitro benzene ring substituents is 1. The number of methoxy groups -OCH3 is 1. The van der Waals surface area contributed by atoms with E-state index < -0.39 is 38.1 Å². The van der Waals surface area contributed by atoms with E-state index in [-0.39, 0.29) is 28.8 Å². The quantitative estimate of drug-likeness (QED) is 0.265. The van der Waals surface area contributed by atoms with Crippen molar-refractivity contribution in [1.82, 2.24) is 19.8 Å². The van der Waals surface area contributed by atoms with Gasteiger partial charge in [0.2, 0.25) is 15.9 Å². The highest BCUT2D eigenvalue weighted by atomic mass is 32.2. The number of ether oxygens (including phenoxy) is 2. The number of nitrogens with one attached hydrogen (secondary N) is 2. The van der Waals surface area contributed by atoms with Crippen molar-refractivity contribution in [2.75, 3.05) is 20.3 Å². The lowest BCUT2D eigenvalue weighted by molar-refractivity contribution is -0.385. The number of hydrogen-bond acceptors (Lipinski definition) is 8. The molecule has 0 fully saturated rings. The molecule has 0 saturated heterocycles. The molecule has 194 valence electrons. The van der Waals surface area contributed by atoms with Crippen molar-refractivity contribution in [1.29, 1.82) is 0 Å². The molecule has 0 radical (unpaired) electrons. The molecule has 2 aromatic rings. The highest BCUT2D eigenvalue weighted by Crippen LogP contribution is 2.36. The molecule has 0 aliphatic heterocycles. The minimum absolute atomic E-state index is 0.107. The normalized spacial score (nSPS) is 12.9. The Bertz CT molecular complexity index is 1190. The fourth-order valence-electron chi connectivity index (χ4n) is 3.04. The number of amides is 1. The monoisotopic (exact) mass is 511 g/mol. The summed E-state index contributed by atoms with van der Waals surface area (Å²) in [4.78, 5) is 23.0. The molecule has 12 nitrogen and oxygen atoms in total. The number of rotatable bonds is 11. The van der Waals surface area contributed by atoms with E-state index in [1.54, 1.807) is 13.8 Å². The van der Waals surface area contributed by atoms with Gasteiger partial charge in [0, 0.05) is 37.4 Å². The molecule has 1 aromatic heterocycles. The predicted octanol–water partition coefficient (Wildman–Crippen LogP) is 3.10. The number of benzene rings is 1. The van der Waals surface area contributed by atoms with Crippen molar-refractivity contribution in [3.8, 4) is 11.6 Å². The molecule has 13 heteroatoms. The second-order valence-electron chi connectivity index (χ2n) is 9.03. The Labute approximate surface area is 205 Å². The molecule has 35 heavy (non-hydrogen) atoms. The molecular formula is C22H33N5O7S. The van der Waals surface area contributed by atoms with Crippen molar-refractivity contribution in [2.24, 2.45) is 0 Å². The lowest BCUT2D eigenvalue weighted by Gasteiger charge is -2.23. The van der Waals surface area contributed by atoms with Gasteiger partial charge < -0.3 is 14.8 Å². The first-order valence-electron chi connectivity index (χ1n) is 11.1. The van der Waals surface area contributed by atoms with Gasteiger partial charge in [0.25, 0.3) is 11.6 Å². The van der Waals surface area contributed by atoms with Crippen molar-refractivity contribution in [2.45, 2.75) is 64.4 Å². The molecule has 0 spiro atoms. The van der Waals surface area contributed by atoms with Crippen LogP contribution in [0.1, 0.15) is 57.1 Å². The van der Waals surface area contributed by atoms with Gasteiger partial charge in [-0.1, -0.05) is 6.92 Å². The maximum atomic E-state index is 13.1. The van der Waals surface area contributed by atoms with Gasteiger partial charge in [0.15, 0.2) is 5.69 Å². The highest BCUT2D eigenvalue weighted by Gasteiger charge is 2.30. The Morgan fingerprint density at radius 2 is 1.97 bits per heavy atom. The third-order valence-corrected chi connectivity index (χ3v) is 6.72. The number of carbonyl (C=O) groups excluding carboxylic acids is 1. The van der Waals surface area contributed by atoms with Crippen LogP contribution in [-0.2, 0) is 20.3 Å². The Balaban J connectivity index is 2.63. The van der Waals surface area contributed by atoms with Crippen LogP contribution in [0.25, 0.3) is 0 Å². The lowest BCUT2D eigenvalue weighted by Crippen LogP contribution is -2.32. The fourth-order valence-corrected chi connectivity index (χ4v) is 4.52. The fraction of sp³-hybridized carbons (Fsp3) is 0.545. The minimum Gasteiger partial charge on any atom is -0.438 e. The molecule has 0 bridgehead atoms. The van der Waals surface area contributed by atoms with Crippen LogP contribution in [-0.4, -0.2) is 55.3 Å². The van der Waals surface area contributed by atoms with Gasteiger partial charge in [0.05, 0.1) is 17.1 Å². The number of hydrogen-bond donors (Lipinski definition) is 2. The van der Waals surface area contributed by atoms with Gasteiger partial charge in [-0.15, -0.1) is 0 Å². The number of nitrogens with zero attached hydrogens (tertiary/aromatic N) is 3. The number of carbonyl (C=O) groups is 1. The first-order chi connectivity index (χ1) is 16.2. The molecule has 2 rings (SSSR count). The summed E-state index contributed by atoms with van der Waals surface area (Å²) >= 11 is 0. The second kappa shape index (κ2) is 11.1. The lowest BCUT2D eigenvalue weighted by atomic mass is 10.1. The Hall–Kier alpha value is -3.03. The summed E-state index contributed by atoms with van der Waals surface area (Å²) in [6, 6.07) is 2.92. The maximum absolute atomic E-state index is 13.1. The van der Waals surface area contributed by atoms with Gasteiger partial charge in [-0.2, -0.15) is 5.10 Å². The van der Waals surface area contributed by atoms with E-state index in [4.69, 9.17) is 9.47 Å². The summed E-state index contributed by atoms with van der Waals surface area (Å²) in [6.45, 7) is 11.3. The van der Waals surface area contributed by atoms with Crippen LogP contribution in [0.4, 0.5) is 5.69 Å².